The van der Waals surface area contributed by atoms with Gasteiger partial charge in [-0.15, -0.1) is 0 Å². The molecule has 4 N–H and O–H groups in total. The summed E-state index contributed by atoms with van der Waals surface area (Å²) >= 11 is 0. The van der Waals surface area contributed by atoms with Crippen LogP contribution in [-0.2, 0) is 13.1 Å². The Bertz CT molecular complexity index is 1100. The van der Waals surface area contributed by atoms with Crippen LogP contribution in [0.1, 0.15) is 11.4 Å². The van der Waals surface area contributed by atoms with Crippen molar-refractivity contribution in [1.82, 2.24) is 25.5 Å². The Morgan fingerprint density at radius 2 is 1.70 bits per heavy atom. The molecule has 0 fully saturated rings. The molecule has 0 atom stereocenters. The van der Waals surface area contributed by atoms with E-state index in [1.54, 1.807) is 12.4 Å². The van der Waals surface area contributed by atoms with Crippen LogP contribution in [0.3, 0.4) is 0 Å². The van der Waals surface area contributed by atoms with Gasteiger partial charge in [-0.25, -0.2) is 9.78 Å². The predicted octanol–water partition coefficient (Wildman–Crippen LogP) is 3.80. The second kappa shape index (κ2) is 9.33. The number of nitrogens with one attached hydrogen (secondary N) is 4. The molecule has 0 aliphatic rings. The zero-order valence-corrected chi connectivity index (χ0v) is 16.2. The van der Waals surface area contributed by atoms with E-state index in [1.807, 2.05) is 66.7 Å². The monoisotopic (exact) mass is 399 g/mol. The van der Waals surface area contributed by atoms with Crippen molar-refractivity contribution in [2.75, 3.05) is 10.6 Å². The number of anilines is 2. The molecule has 2 heterocycles. The lowest BCUT2D eigenvalue weighted by molar-refractivity contribution is 0.251. The van der Waals surface area contributed by atoms with E-state index in [2.05, 4.69) is 36.1 Å². The fourth-order valence-electron chi connectivity index (χ4n) is 2.85. The highest BCUT2D eigenvalue weighted by atomic mass is 16.2. The maximum Gasteiger partial charge on any atom is 0.319 e. The van der Waals surface area contributed by atoms with Gasteiger partial charge >= 0.3 is 6.03 Å². The molecule has 2 aromatic carbocycles. The van der Waals surface area contributed by atoms with Gasteiger partial charge in [-0.1, -0.05) is 36.4 Å². The maximum absolute atomic E-state index is 12.1. The molecule has 0 unspecified atom stereocenters. The number of hydrogen-bond acceptors (Lipinski definition) is 5. The van der Waals surface area contributed by atoms with Crippen LogP contribution in [0, 0.1) is 0 Å². The first-order valence-electron chi connectivity index (χ1n) is 9.51. The van der Waals surface area contributed by atoms with Crippen LogP contribution in [0.2, 0.25) is 0 Å². The van der Waals surface area contributed by atoms with Gasteiger partial charge in [0.25, 0.3) is 0 Å². The molecule has 8 nitrogen and oxygen atoms in total. The van der Waals surface area contributed by atoms with Gasteiger partial charge in [-0.3, -0.25) is 10.1 Å². The Kier molecular flexibility index (Phi) is 5.95. The van der Waals surface area contributed by atoms with Gasteiger partial charge in [0.05, 0.1) is 6.54 Å². The lowest BCUT2D eigenvalue weighted by atomic mass is 10.2. The van der Waals surface area contributed by atoms with E-state index in [0.717, 1.165) is 16.8 Å². The van der Waals surface area contributed by atoms with Gasteiger partial charge in [0.2, 0.25) is 0 Å². The number of hydrogen-bond donors (Lipinski definition) is 4. The number of benzene rings is 2. The molecule has 0 saturated heterocycles. The molecule has 0 bridgehead atoms. The summed E-state index contributed by atoms with van der Waals surface area (Å²) in [5.41, 5.74) is 3.50. The number of urea groups is 1. The number of H-pyrrole nitrogens is 1. The van der Waals surface area contributed by atoms with Crippen LogP contribution in [0.15, 0.2) is 79.1 Å². The molecule has 0 saturated carbocycles. The Labute approximate surface area is 173 Å². The maximum atomic E-state index is 12.1. The Morgan fingerprint density at radius 1 is 0.900 bits per heavy atom. The minimum absolute atomic E-state index is 0.256. The smallest absolute Gasteiger partial charge is 0.319 e. The van der Waals surface area contributed by atoms with Crippen molar-refractivity contribution in [3.8, 4) is 11.4 Å². The lowest BCUT2D eigenvalue weighted by Gasteiger charge is -2.10. The minimum Gasteiger partial charge on any atom is -0.378 e. The highest BCUT2D eigenvalue weighted by Gasteiger charge is 2.06. The quantitative estimate of drug-likeness (QED) is 0.378. The first kappa shape index (κ1) is 19.1. The highest BCUT2D eigenvalue weighted by Crippen LogP contribution is 2.17. The van der Waals surface area contributed by atoms with Crippen molar-refractivity contribution in [3.63, 3.8) is 0 Å². The first-order chi connectivity index (χ1) is 14.8. The van der Waals surface area contributed by atoms with Crippen molar-refractivity contribution >= 4 is 17.4 Å². The molecule has 150 valence electrons. The zero-order valence-electron chi connectivity index (χ0n) is 16.2. The summed E-state index contributed by atoms with van der Waals surface area (Å²) in [5, 5.41) is 16.1. The van der Waals surface area contributed by atoms with Crippen LogP contribution in [0.5, 0.6) is 0 Å². The Morgan fingerprint density at radius 3 is 2.53 bits per heavy atom. The van der Waals surface area contributed by atoms with Crippen LogP contribution in [-0.4, -0.2) is 26.2 Å². The second-order valence-electron chi connectivity index (χ2n) is 6.57. The van der Waals surface area contributed by atoms with E-state index in [4.69, 9.17) is 0 Å². The molecule has 2 aromatic heterocycles. The average molecular weight is 399 g/mol. The van der Waals surface area contributed by atoms with Crippen molar-refractivity contribution < 1.29 is 4.79 Å². The number of nitrogens with zero attached hydrogens (tertiary/aromatic N) is 3. The number of carbonyl (C=O) groups is 1. The molecule has 8 heteroatoms. The topological polar surface area (TPSA) is 108 Å². The third-order valence-electron chi connectivity index (χ3n) is 4.35. The second-order valence-corrected chi connectivity index (χ2v) is 6.57. The summed E-state index contributed by atoms with van der Waals surface area (Å²) in [6.45, 7) is 0.942. The summed E-state index contributed by atoms with van der Waals surface area (Å²) in [7, 11) is 0. The standard InChI is InChI=1S/C22H21N7O/c30-22(25-14-16-5-2-1-3-6-16)26-19-8-4-7-18(13-19)24-15-20-27-21(29-28-20)17-9-11-23-12-10-17/h1-13,24H,14-15H2,(H2,25,26,30)(H,27,28,29). The number of carbonyl (C=O) groups excluding carboxylic acids is 1. The Balaban J connectivity index is 1.30. The van der Waals surface area contributed by atoms with Gasteiger partial charge in [0.1, 0.15) is 5.82 Å². The molecule has 30 heavy (non-hydrogen) atoms. The summed E-state index contributed by atoms with van der Waals surface area (Å²) in [6, 6.07) is 20.7. The van der Waals surface area contributed by atoms with Gasteiger partial charge in [-0.2, -0.15) is 5.10 Å². The minimum atomic E-state index is -0.256. The van der Waals surface area contributed by atoms with Crippen LogP contribution in [0.25, 0.3) is 11.4 Å². The molecular weight excluding hydrogens is 378 g/mol. The molecule has 0 spiro atoms. The lowest BCUT2D eigenvalue weighted by Crippen LogP contribution is -2.28. The molecule has 4 rings (SSSR count). The van der Waals surface area contributed by atoms with E-state index < -0.39 is 0 Å². The summed E-state index contributed by atoms with van der Waals surface area (Å²) < 4.78 is 0. The van der Waals surface area contributed by atoms with Crippen molar-refractivity contribution in [3.05, 3.63) is 90.5 Å². The number of amides is 2. The van der Waals surface area contributed by atoms with Gasteiger partial charge in [-0.05, 0) is 35.9 Å². The Hall–Kier alpha value is -4.20. The molecule has 2 amide bonds. The average Bonchev–Trinajstić information content (AvgIpc) is 3.27. The van der Waals surface area contributed by atoms with Gasteiger partial charge in [0, 0.05) is 35.9 Å². The summed E-state index contributed by atoms with van der Waals surface area (Å²) in [5.74, 6) is 1.33. The fourth-order valence-corrected chi connectivity index (χ4v) is 2.85. The van der Waals surface area contributed by atoms with E-state index in [1.165, 1.54) is 0 Å². The van der Waals surface area contributed by atoms with Crippen LogP contribution in [0.4, 0.5) is 16.2 Å². The summed E-state index contributed by atoms with van der Waals surface area (Å²) in [6.07, 6.45) is 3.41. The fraction of sp³-hybridized carbons (Fsp3) is 0.0909. The third-order valence-corrected chi connectivity index (χ3v) is 4.35. The third kappa shape index (κ3) is 5.20. The number of aromatic nitrogens is 4. The summed E-state index contributed by atoms with van der Waals surface area (Å²) in [4.78, 5) is 20.6. The van der Waals surface area contributed by atoms with Crippen molar-refractivity contribution in [2.45, 2.75) is 13.1 Å². The first-order valence-corrected chi connectivity index (χ1v) is 9.51. The van der Waals surface area contributed by atoms with Crippen molar-refractivity contribution in [1.29, 1.82) is 0 Å². The largest absolute Gasteiger partial charge is 0.378 e. The van der Waals surface area contributed by atoms with E-state index in [0.29, 0.717) is 30.4 Å². The molecular formula is C22H21N7O. The number of rotatable bonds is 7. The molecule has 0 aliphatic heterocycles. The van der Waals surface area contributed by atoms with Crippen LogP contribution >= 0.6 is 0 Å². The van der Waals surface area contributed by atoms with Crippen molar-refractivity contribution in [2.24, 2.45) is 0 Å². The zero-order chi connectivity index (χ0) is 20.6. The van der Waals surface area contributed by atoms with E-state index in [-0.39, 0.29) is 6.03 Å². The van der Waals surface area contributed by atoms with E-state index in [9.17, 15) is 4.79 Å². The predicted molar refractivity (Wildman–Crippen MR) is 116 cm³/mol. The van der Waals surface area contributed by atoms with Crippen LogP contribution < -0.4 is 16.0 Å². The molecule has 0 aliphatic carbocycles. The highest BCUT2D eigenvalue weighted by molar-refractivity contribution is 5.89. The van der Waals surface area contributed by atoms with Gasteiger partial charge < -0.3 is 16.0 Å². The van der Waals surface area contributed by atoms with E-state index >= 15 is 0 Å². The molecule has 0 radical (unpaired) electrons. The number of aromatic amines is 1. The normalized spacial score (nSPS) is 10.4. The number of pyridine rings is 1. The molecule has 4 aromatic rings. The SMILES string of the molecule is O=C(NCc1ccccc1)Nc1cccc(NCc2nc(-c3ccncc3)n[nH]2)c1. The van der Waals surface area contributed by atoms with Gasteiger partial charge in [0.15, 0.2) is 5.82 Å².